The number of benzene rings is 3. The van der Waals surface area contributed by atoms with Gasteiger partial charge in [0.2, 0.25) is 5.91 Å². The Morgan fingerprint density at radius 2 is 1.70 bits per heavy atom. The summed E-state index contributed by atoms with van der Waals surface area (Å²) in [6.07, 6.45) is 1.13. The lowest BCUT2D eigenvalue weighted by Gasteiger charge is -2.09. The molecule has 0 saturated carbocycles. The van der Waals surface area contributed by atoms with E-state index in [-0.39, 0.29) is 24.3 Å². The predicted molar refractivity (Wildman–Crippen MR) is 120 cm³/mol. The van der Waals surface area contributed by atoms with Crippen molar-refractivity contribution in [2.75, 3.05) is 11.9 Å². The van der Waals surface area contributed by atoms with Crippen LogP contribution in [0.1, 0.15) is 11.1 Å². The number of nitrogens with zero attached hydrogens (tertiary/aromatic N) is 2. The number of nitrogens with one attached hydrogen (secondary N) is 2. The molecule has 0 spiro atoms. The summed E-state index contributed by atoms with van der Waals surface area (Å²) >= 11 is 0. The van der Waals surface area contributed by atoms with Crippen LogP contribution in [0.3, 0.4) is 0 Å². The Morgan fingerprint density at radius 1 is 1.00 bits per heavy atom. The number of anilines is 1. The van der Waals surface area contributed by atoms with Crippen molar-refractivity contribution in [2.24, 2.45) is 5.10 Å². The molecule has 3 aromatic carbocycles. The number of rotatable bonds is 9. The zero-order valence-corrected chi connectivity index (χ0v) is 17.2. The van der Waals surface area contributed by atoms with Crippen LogP contribution in [0.5, 0.6) is 5.75 Å². The first-order valence-corrected chi connectivity index (χ1v) is 9.74. The molecular formula is C23H19FN4O5. The van der Waals surface area contributed by atoms with Crippen molar-refractivity contribution >= 4 is 29.4 Å². The number of nitro benzene ring substituents is 1. The second kappa shape index (κ2) is 11.1. The third-order valence-corrected chi connectivity index (χ3v) is 4.34. The summed E-state index contributed by atoms with van der Waals surface area (Å²) in [4.78, 5) is 34.7. The third-order valence-electron chi connectivity index (χ3n) is 4.34. The van der Waals surface area contributed by atoms with E-state index in [0.717, 1.165) is 0 Å². The average Bonchev–Trinajstić information content (AvgIpc) is 2.80. The Hall–Kier alpha value is -4.60. The largest absolute Gasteiger partial charge is 0.483 e. The predicted octanol–water partition coefficient (Wildman–Crippen LogP) is 3.44. The van der Waals surface area contributed by atoms with E-state index in [1.165, 1.54) is 48.7 Å². The first-order chi connectivity index (χ1) is 15.9. The van der Waals surface area contributed by atoms with Crippen LogP contribution in [-0.2, 0) is 16.0 Å². The minimum atomic E-state index is -0.550. The minimum Gasteiger partial charge on any atom is -0.483 e. The quantitative estimate of drug-likeness (QED) is 0.294. The highest BCUT2D eigenvalue weighted by Gasteiger charge is 2.15. The lowest BCUT2D eigenvalue weighted by atomic mass is 10.1. The van der Waals surface area contributed by atoms with Crippen LogP contribution in [0.2, 0.25) is 0 Å². The Labute approximate surface area is 188 Å². The highest BCUT2D eigenvalue weighted by molar-refractivity contribution is 5.92. The second-order valence-corrected chi connectivity index (χ2v) is 6.74. The van der Waals surface area contributed by atoms with Crippen molar-refractivity contribution in [3.05, 3.63) is 99.9 Å². The molecule has 168 valence electrons. The number of carbonyl (C=O) groups is 2. The monoisotopic (exact) mass is 450 g/mol. The fraction of sp³-hybridized carbons (Fsp3) is 0.0870. The number of hydrogen-bond donors (Lipinski definition) is 2. The van der Waals surface area contributed by atoms with Crippen LogP contribution in [0.25, 0.3) is 0 Å². The van der Waals surface area contributed by atoms with E-state index in [9.17, 15) is 24.1 Å². The summed E-state index contributed by atoms with van der Waals surface area (Å²) in [7, 11) is 0. The summed E-state index contributed by atoms with van der Waals surface area (Å²) in [5.74, 6) is -1.03. The smallest absolute Gasteiger partial charge is 0.273 e. The summed E-state index contributed by atoms with van der Waals surface area (Å²) in [5, 5.41) is 17.5. The fourth-order valence-electron chi connectivity index (χ4n) is 2.82. The number of halogens is 1. The molecule has 3 aromatic rings. The number of amides is 2. The summed E-state index contributed by atoms with van der Waals surface area (Å²) < 4.78 is 18.5. The van der Waals surface area contributed by atoms with Crippen LogP contribution in [0.4, 0.5) is 15.8 Å². The van der Waals surface area contributed by atoms with Gasteiger partial charge in [0, 0.05) is 22.9 Å². The van der Waals surface area contributed by atoms with E-state index < -0.39 is 22.6 Å². The summed E-state index contributed by atoms with van der Waals surface area (Å²) in [6, 6.07) is 18.0. The van der Waals surface area contributed by atoms with Gasteiger partial charge >= 0.3 is 0 Å². The summed E-state index contributed by atoms with van der Waals surface area (Å²) in [6.45, 7) is -0.299. The Bertz CT molecular complexity index is 1180. The van der Waals surface area contributed by atoms with Gasteiger partial charge in [-0.2, -0.15) is 5.10 Å². The lowest BCUT2D eigenvalue weighted by Crippen LogP contribution is -2.21. The molecule has 0 aliphatic heterocycles. The van der Waals surface area contributed by atoms with Crippen LogP contribution >= 0.6 is 0 Å². The maximum atomic E-state index is 12.9. The molecule has 0 aliphatic carbocycles. The molecule has 0 aliphatic rings. The van der Waals surface area contributed by atoms with Gasteiger partial charge in [0.15, 0.2) is 6.61 Å². The third kappa shape index (κ3) is 6.96. The van der Waals surface area contributed by atoms with Gasteiger partial charge in [-0.15, -0.1) is 0 Å². The maximum absolute atomic E-state index is 12.9. The van der Waals surface area contributed by atoms with Gasteiger partial charge in [0.25, 0.3) is 11.6 Å². The molecule has 9 nitrogen and oxygen atoms in total. The van der Waals surface area contributed by atoms with Crippen molar-refractivity contribution in [1.29, 1.82) is 0 Å². The van der Waals surface area contributed by atoms with E-state index in [2.05, 4.69) is 15.8 Å². The van der Waals surface area contributed by atoms with Crippen molar-refractivity contribution < 1.29 is 23.6 Å². The second-order valence-electron chi connectivity index (χ2n) is 6.74. The minimum absolute atomic E-state index is 0.144. The van der Waals surface area contributed by atoms with Gasteiger partial charge in [-0.05, 0) is 36.4 Å². The topological polar surface area (TPSA) is 123 Å². The number of hydrazone groups is 1. The number of carbonyl (C=O) groups excluding carboxylic acids is 2. The fourth-order valence-corrected chi connectivity index (χ4v) is 2.82. The molecule has 2 amide bonds. The van der Waals surface area contributed by atoms with Crippen molar-refractivity contribution in [3.63, 3.8) is 0 Å². The molecule has 33 heavy (non-hydrogen) atoms. The molecular weight excluding hydrogens is 431 g/mol. The molecule has 0 fully saturated rings. The molecule has 0 atom stereocenters. The molecule has 0 radical (unpaired) electrons. The number of para-hydroxylation sites is 2. The van der Waals surface area contributed by atoms with E-state index in [4.69, 9.17) is 4.74 Å². The highest BCUT2D eigenvalue weighted by Crippen LogP contribution is 2.18. The van der Waals surface area contributed by atoms with Crippen molar-refractivity contribution in [2.45, 2.75) is 6.42 Å². The molecule has 2 N–H and O–H groups in total. The van der Waals surface area contributed by atoms with E-state index >= 15 is 0 Å². The number of nitro groups is 1. The molecule has 0 bridgehead atoms. The van der Waals surface area contributed by atoms with Crippen LogP contribution in [0, 0.1) is 15.9 Å². The Kier molecular flexibility index (Phi) is 7.79. The zero-order valence-electron chi connectivity index (χ0n) is 17.2. The van der Waals surface area contributed by atoms with Crippen molar-refractivity contribution in [3.8, 4) is 5.75 Å². The molecule has 0 saturated heterocycles. The van der Waals surface area contributed by atoms with Gasteiger partial charge < -0.3 is 10.1 Å². The first kappa shape index (κ1) is 23.1. The highest BCUT2D eigenvalue weighted by atomic mass is 19.1. The maximum Gasteiger partial charge on any atom is 0.273 e. The zero-order chi connectivity index (χ0) is 23.6. The number of hydrogen-bond acceptors (Lipinski definition) is 6. The lowest BCUT2D eigenvalue weighted by molar-refractivity contribution is -0.385. The Balaban J connectivity index is 1.55. The van der Waals surface area contributed by atoms with Gasteiger partial charge in [-0.1, -0.05) is 30.3 Å². The average molecular weight is 450 g/mol. The van der Waals surface area contributed by atoms with Gasteiger partial charge in [-0.3, -0.25) is 19.7 Å². The molecule has 0 heterocycles. The van der Waals surface area contributed by atoms with Gasteiger partial charge in [0.1, 0.15) is 11.6 Å². The van der Waals surface area contributed by atoms with Crippen LogP contribution in [-0.4, -0.2) is 29.6 Å². The van der Waals surface area contributed by atoms with Crippen LogP contribution < -0.4 is 15.5 Å². The number of ether oxygens (including phenoxy) is 1. The van der Waals surface area contributed by atoms with Crippen LogP contribution in [0.15, 0.2) is 77.9 Å². The molecule has 0 aromatic heterocycles. The summed E-state index contributed by atoms with van der Waals surface area (Å²) in [5.41, 5.74) is 3.37. The molecule has 3 rings (SSSR count). The molecule has 10 heteroatoms. The molecule has 0 unspecified atom stereocenters. The van der Waals surface area contributed by atoms with E-state index in [1.807, 2.05) is 0 Å². The van der Waals surface area contributed by atoms with Gasteiger partial charge in [0.05, 0.1) is 17.6 Å². The first-order valence-electron chi connectivity index (χ1n) is 9.74. The van der Waals surface area contributed by atoms with Crippen molar-refractivity contribution in [1.82, 2.24) is 5.43 Å². The van der Waals surface area contributed by atoms with E-state index in [1.54, 1.807) is 30.3 Å². The van der Waals surface area contributed by atoms with E-state index in [0.29, 0.717) is 17.0 Å². The standard InChI is InChI=1S/C23H19FN4O5/c24-18-9-11-19(12-10-18)26-23(30)15-33-21-8-4-2-6-17(21)14-25-27-22(29)13-16-5-1-3-7-20(16)28(31)32/h1-12,14H,13,15H2,(H,26,30)(H,27,29)/b25-14+. The Morgan fingerprint density at radius 3 is 2.45 bits per heavy atom. The normalized spacial score (nSPS) is 10.6. The SMILES string of the molecule is O=C(Cc1ccccc1[N+](=O)[O-])N/N=C/c1ccccc1OCC(=O)Nc1ccc(F)cc1. The van der Waals surface area contributed by atoms with Gasteiger partial charge in [-0.25, -0.2) is 9.82 Å².